The molecule has 6 nitrogen and oxygen atoms in total. The van der Waals surface area contributed by atoms with Gasteiger partial charge in [-0.25, -0.2) is 9.97 Å². The maximum absolute atomic E-state index is 11.8. The van der Waals surface area contributed by atoms with Gasteiger partial charge in [0.15, 0.2) is 5.82 Å². The van der Waals surface area contributed by atoms with Crippen molar-refractivity contribution < 1.29 is 4.79 Å². The Labute approximate surface area is 171 Å². The summed E-state index contributed by atoms with van der Waals surface area (Å²) in [6.45, 7) is 2.17. The van der Waals surface area contributed by atoms with Crippen molar-refractivity contribution >= 4 is 33.8 Å². The van der Waals surface area contributed by atoms with Gasteiger partial charge in [0.05, 0.1) is 10.6 Å². The number of amides is 1. The van der Waals surface area contributed by atoms with Crippen LogP contribution < -0.4 is 16.4 Å². The third kappa shape index (κ3) is 3.24. The van der Waals surface area contributed by atoms with Crippen molar-refractivity contribution in [3.63, 3.8) is 0 Å². The lowest BCUT2D eigenvalue weighted by molar-refractivity contribution is 0.100. The van der Waals surface area contributed by atoms with E-state index >= 15 is 0 Å². The predicted octanol–water partition coefficient (Wildman–Crippen LogP) is 3.67. The van der Waals surface area contributed by atoms with E-state index in [2.05, 4.69) is 22.8 Å². The van der Waals surface area contributed by atoms with Crippen molar-refractivity contribution in [3.05, 3.63) is 76.3 Å². The van der Waals surface area contributed by atoms with Crippen LogP contribution in [0.15, 0.2) is 53.9 Å². The first-order valence-electron chi connectivity index (χ1n) is 9.39. The molecule has 2 aromatic heterocycles. The molecule has 0 radical (unpaired) electrons. The Balaban J connectivity index is 1.57. The van der Waals surface area contributed by atoms with E-state index in [1.165, 1.54) is 16.9 Å². The molecule has 2 aromatic carbocycles. The molecule has 0 fully saturated rings. The van der Waals surface area contributed by atoms with Gasteiger partial charge in [0, 0.05) is 46.9 Å². The van der Waals surface area contributed by atoms with Crippen LogP contribution in [0.3, 0.4) is 0 Å². The zero-order valence-electron chi connectivity index (χ0n) is 15.6. The lowest BCUT2D eigenvalue weighted by Gasteiger charge is -2.12. The summed E-state index contributed by atoms with van der Waals surface area (Å²) in [4.78, 5) is 22.4. The molecule has 3 heterocycles. The van der Waals surface area contributed by atoms with Crippen LogP contribution in [0.4, 0.5) is 5.82 Å². The molecule has 1 aliphatic heterocycles. The highest BCUT2D eigenvalue weighted by Crippen LogP contribution is 2.36. The Bertz CT molecular complexity index is 1220. The van der Waals surface area contributed by atoms with E-state index in [9.17, 15) is 4.79 Å². The molecule has 144 valence electrons. The number of rotatable bonds is 5. The van der Waals surface area contributed by atoms with Crippen molar-refractivity contribution in [1.29, 1.82) is 0 Å². The first kappa shape index (κ1) is 17.8. The number of thiophene rings is 1. The summed E-state index contributed by atoms with van der Waals surface area (Å²) in [5, 5.41) is 10.6. The SMILES string of the molecule is NC(=O)c1cccc2c(-c3nc4c(c(NCc5ccccc5)n3)CNC4)scc12. The molecular weight excluding hydrogens is 382 g/mol. The molecule has 7 heteroatoms. The number of carbonyl (C=O) groups is 1. The van der Waals surface area contributed by atoms with E-state index < -0.39 is 5.91 Å². The maximum atomic E-state index is 11.8. The summed E-state index contributed by atoms with van der Waals surface area (Å²) >= 11 is 1.54. The Morgan fingerprint density at radius 3 is 2.76 bits per heavy atom. The average Bonchev–Trinajstić information content (AvgIpc) is 3.39. The van der Waals surface area contributed by atoms with Gasteiger partial charge in [0.1, 0.15) is 5.82 Å². The molecule has 5 rings (SSSR count). The van der Waals surface area contributed by atoms with Crippen LogP contribution in [-0.2, 0) is 19.6 Å². The van der Waals surface area contributed by atoms with Crippen LogP contribution in [0.25, 0.3) is 21.5 Å². The molecular formula is C22H19N5OS. The second-order valence-corrected chi connectivity index (χ2v) is 7.84. The number of nitrogens with one attached hydrogen (secondary N) is 2. The number of benzene rings is 2. The molecule has 0 atom stereocenters. The molecule has 0 spiro atoms. The Hall–Kier alpha value is -3.29. The van der Waals surface area contributed by atoms with Crippen molar-refractivity contribution in [3.8, 4) is 10.7 Å². The van der Waals surface area contributed by atoms with Gasteiger partial charge >= 0.3 is 0 Å². The summed E-state index contributed by atoms with van der Waals surface area (Å²) in [6, 6.07) is 15.8. The van der Waals surface area contributed by atoms with Gasteiger partial charge < -0.3 is 16.4 Å². The van der Waals surface area contributed by atoms with Crippen LogP contribution in [-0.4, -0.2) is 15.9 Å². The van der Waals surface area contributed by atoms with E-state index in [-0.39, 0.29) is 0 Å². The van der Waals surface area contributed by atoms with Crippen LogP contribution in [0.2, 0.25) is 0 Å². The lowest BCUT2D eigenvalue weighted by atomic mass is 10.1. The van der Waals surface area contributed by atoms with Crippen molar-refractivity contribution in [2.45, 2.75) is 19.6 Å². The largest absolute Gasteiger partial charge is 0.366 e. The van der Waals surface area contributed by atoms with Crippen molar-refractivity contribution in [1.82, 2.24) is 15.3 Å². The fourth-order valence-electron chi connectivity index (χ4n) is 3.66. The number of nitrogens with zero attached hydrogens (tertiary/aromatic N) is 2. The fourth-order valence-corrected chi connectivity index (χ4v) is 4.65. The van der Waals surface area contributed by atoms with Crippen LogP contribution in [0.1, 0.15) is 27.2 Å². The molecule has 4 N–H and O–H groups in total. The first-order chi connectivity index (χ1) is 14.2. The summed E-state index contributed by atoms with van der Waals surface area (Å²) in [5.74, 6) is 1.10. The zero-order valence-corrected chi connectivity index (χ0v) is 16.4. The van der Waals surface area contributed by atoms with Gasteiger partial charge in [-0.3, -0.25) is 4.79 Å². The molecule has 0 saturated carbocycles. The second-order valence-electron chi connectivity index (χ2n) is 6.96. The Morgan fingerprint density at radius 1 is 1.07 bits per heavy atom. The van der Waals surface area contributed by atoms with E-state index in [0.29, 0.717) is 17.9 Å². The number of aromatic nitrogens is 2. The number of hydrogen-bond donors (Lipinski definition) is 3. The minimum Gasteiger partial charge on any atom is -0.366 e. The molecule has 0 aliphatic carbocycles. The van der Waals surface area contributed by atoms with E-state index in [1.54, 1.807) is 6.07 Å². The molecule has 29 heavy (non-hydrogen) atoms. The van der Waals surface area contributed by atoms with Crippen LogP contribution >= 0.6 is 11.3 Å². The van der Waals surface area contributed by atoms with Gasteiger partial charge in [-0.2, -0.15) is 0 Å². The molecule has 4 aromatic rings. The fraction of sp³-hybridized carbons (Fsp3) is 0.136. The molecule has 0 unspecified atom stereocenters. The summed E-state index contributed by atoms with van der Waals surface area (Å²) in [7, 11) is 0. The molecule has 0 saturated heterocycles. The molecule has 0 bridgehead atoms. The van der Waals surface area contributed by atoms with Gasteiger partial charge in [0.25, 0.3) is 0 Å². The number of primary amides is 1. The molecule has 1 amide bonds. The predicted molar refractivity (Wildman–Crippen MR) is 116 cm³/mol. The second kappa shape index (κ2) is 7.27. The van der Waals surface area contributed by atoms with E-state index in [4.69, 9.17) is 15.7 Å². The van der Waals surface area contributed by atoms with Crippen LogP contribution in [0, 0.1) is 0 Å². The topological polar surface area (TPSA) is 92.9 Å². The van der Waals surface area contributed by atoms with Gasteiger partial charge in [-0.05, 0) is 11.6 Å². The standard InChI is InChI=1S/C22H19N5OS/c23-20(28)15-8-4-7-14-17(15)12-29-19(14)22-26-18-11-24-10-16(18)21(27-22)25-9-13-5-2-1-3-6-13/h1-8,12,24H,9-11H2,(H2,23,28)(H,25,26,27). The third-order valence-electron chi connectivity index (χ3n) is 5.10. The quantitative estimate of drug-likeness (QED) is 0.474. The minimum atomic E-state index is -0.427. The lowest BCUT2D eigenvalue weighted by Crippen LogP contribution is -2.10. The molecule has 1 aliphatic rings. The summed E-state index contributed by atoms with van der Waals surface area (Å²) in [6.07, 6.45) is 0. The number of nitrogens with two attached hydrogens (primary N) is 1. The van der Waals surface area contributed by atoms with Gasteiger partial charge in [-0.1, -0.05) is 42.5 Å². The summed E-state index contributed by atoms with van der Waals surface area (Å²) < 4.78 is 0. The van der Waals surface area contributed by atoms with Crippen LogP contribution in [0.5, 0.6) is 0 Å². The normalized spacial score (nSPS) is 12.8. The Morgan fingerprint density at radius 2 is 1.93 bits per heavy atom. The number of anilines is 1. The first-order valence-corrected chi connectivity index (χ1v) is 10.3. The van der Waals surface area contributed by atoms with E-state index in [0.717, 1.165) is 45.8 Å². The Kier molecular flexibility index (Phi) is 4.46. The third-order valence-corrected chi connectivity index (χ3v) is 6.10. The smallest absolute Gasteiger partial charge is 0.249 e. The highest BCUT2D eigenvalue weighted by atomic mass is 32.1. The van der Waals surface area contributed by atoms with Gasteiger partial charge in [0.2, 0.25) is 5.91 Å². The van der Waals surface area contributed by atoms with Gasteiger partial charge in [-0.15, -0.1) is 11.3 Å². The highest BCUT2D eigenvalue weighted by molar-refractivity contribution is 7.15. The van der Waals surface area contributed by atoms with Crippen molar-refractivity contribution in [2.75, 3.05) is 5.32 Å². The minimum absolute atomic E-state index is 0.427. The summed E-state index contributed by atoms with van der Waals surface area (Å²) in [5.41, 5.74) is 9.38. The maximum Gasteiger partial charge on any atom is 0.249 e. The highest BCUT2D eigenvalue weighted by Gasteiger charge is 2.21. The number of carbonyl (C=O) groups excluding carboxylic acids is 1. The zero-order chi connectivity index (χ0) is 19.8. The van der Waals surface area contributed by atoms with Crippen molar-refractivity contribution in [2.24, 2.45) is 5.73 Å². The van der Waals surface area contributed by atoms with E-state index in [1.807, 2.05) is 35.7 Å². The monoisotopic (exact) mass is 401 g/mol. The average molecular weight is 401 g/mol. The number of hydrogen-bond acceptors (Lipinski definition) is 6. The number of fused-ring (bicyclic) bond motifs is 2.